The molecule has 1 saturated heterocycles. The van der Waals surface area contributed by atoms with Crippen molar-refractivity contribution in [2.45, 2.75) is 18.9 Å². The second kappa shape index (κ2) is 7.75. The number of rotatable bonds is 5. The fraction of sp³-hybridized carbons (Fsp3) is 0.263. The molecule has 27 heavy (non-hydrogen) atoms. The number of aromatic nitrogens is 4. The number of H-pyrrole nitrogens is 1. The van der Waals surface area contributed by atoms with Gasteiger partial charge in [-0.05, 0) is 30.7 Å². The van der Waals surface area contributed by atoms with Crippen molar-refractivity contribution < 1.29 is 9.53 Å². The van der Waals surface area contributed by atoms with Crippen molar-refractivity contribution in [1.29, 1.82) is 0 Å². The first kappa shape index (κ1) is 17.5. The van der Waals surface area contributed by atoms with E-state index in [4.69, 9.17) is 16.3 Å². The van der Waals surface area contributed by atoms with Crippen molar-refractivity contribution in [1.82, 2.24) is 25.1 Å². The summed E-state index contributed by atoms with van der Waals surface area (Å²) in [5.74, 6) is 0.813. The molecule has 1 amide bonds. The van der Waals surface area contributed by atoms with E-state index in [2.05, 4.69) is 20.2 Å². The van der Waals surface area contributed by atoms with Gasteiger partial charge in [0.05, 0.1) is 17.6 Å². The van der Waals surface area contributed by atoms with Crippen LogP contribution in [0.25, 0.3) is 0 Å². The van der Waals surface area contributed by atoms with E-state index in [0.717, 1.165) is 17.8 Å². The van der Waals surface area contributed by atoms with Gasteiger partial charge in [0.2, 0.25) is 0 Å². The van der Waals surface area contributed by atoms with Crippen molar-refractivity contribution >= 4 is 17.5 Å². The molecule has 2 aromatic heterocycles. The number of carbonyl (C=O) groups is 1. The molecule has 1 N–H and O–H groups in total. The van der Waals surface area contributed by atoms with Crippen molar-refractivity contribution in [3.8, 4) is 5.75 Å². The Morgan fingerprint density at radius 2 is 2.26 bits per heavy atom. The monoisotopic (exact) mass is 383 g/mol. The highest BCUT2D eigenvalue weighted by Gasteiger charge is 2.30. The summed E-state index contributed by atoms with van der Waals surface area (Å²) in [4.78, 5) is 22.3. The Balaban J connectivity index is 1.36. The van der Waals surface area contributed by atoms with E-state index in [9.17, 15) is 4.79 Å². The number of nitrogens with one attached hydrogen (secondary N) is 1. The van der Waals surface area contributed by atoms with Gasteiger partial charge in [0, 0.05) is 36.4 Å². The molecule has 1 atom stereocenters. The van der Waals surface area contributed by atoms with Crippen LogP contribution in [0.15, 0.2) is 48.9 Å². The number of halogens is 1. The number of hydrogen-bond acceptors (Lipinski definition) is 5. The number of nitrogens with zero attached hydrogens (tertiary/aromatic N) is 4. The molecule has 0 bridgehead atoms. The second-order valence-corrected chi connectivity index (χ2v) is 6.83. The highest BCUT2D eigenvalue weighted by molar-refractivity contribution is 6.30. The molecule has 1 aliphatic rings. The summed E-state index contributed by atoms with van der Waals surface area (Å²) >= 11 is 5.96. The average molecular weight is 384 g/mol. The fourth-order valence-corrected chi connectivity index (χ4v) is 3.32. The summed E-state index contributed by atoms with van der Waals surface area (Å²) < 4.78 is 5.73. The van der Waals surface area contributed by atoms with Gasteiger partial charge in [-0.25, -0.2) is 4.98 Å². The second-order valence-electron chi connectivity index (χ2n) is 6.39. The Labute approximate surface area is 161 Å². The van der Waals surface area contributed by atoms with Crippen LogP contribution in [-0.2, 0) is 6.61 Å². The van der Waals surface area contributed by atoms with Crippen molar-refractivity contribution in [3.63, 3.8) is 0 Å². The first-order valence-corrected chi connectivity index (χ1v) is 9.04. The number of amides is 1. The Morgan fingerprint density at radius 3 is 3.07 bits per heavy atom. The molecule has 7 nitrogen and oxygen atoms in total. The summed E-state index contributed by atoms with van der Waals surface area (Å²) in [6.45, 7) is 1.68. The maximum atomic E-state index is 12.5. The molecule has 138 valence electrons. The standard InChI is InChI=1S/C19H18ClN5O2/c20-14-2-1-3-16(8-14)27-12-15-9-17(24-23-15)13-4-7-25(11-13)19(26)18-10-21-5-6-22-18/h1-3,5-6,8-10,13H,4,7,11-12H2,(H,23,24)/t13-/m1/s1. The largest absolute Gasteiger partial charge is 0.487 e. The molecule has 3 aromatic rings. The predicted octanol–water partition coefficient (Wildman–Crippen LogP) is 3.06. The van der Waals surface area contributed by atoms with E-state index in [0.29, 0.717) is 36.2 Å². The minimum absolute atomic E-state index is 0.0920. The maximum Gasteiger partial charge on any atom is 0.274 e. The number of carbonyl (C=O) groups excluding carboxylic acids is 1. The van der Waals surface area contributed by atoms with E-state index in [1.165, 1.54) is 12.4 Å². The molecule has 4 rings (SSSR count). The number of aromatic amines is 1. The highest BCUT2D eigenvalue weighted by atomic mass is 35.5. The molecule has 0 saturated carbocycles. The number of likely N-dealkylation sites (tertiary alicyclic amines) is 1. The maximum absolute atomic E-state index is 12.5. The van der Waals surface area contributed by atoms with Gasteiger partial charge in [-0.15, -0.1) is 0 Å². The lowest BCUT2D eigenvalue weighted by Crippen LogP contribution is -2.29. The van der Waals surface area contributed by atoms with Crippen LogP contribution in [0.3, 0.4) is 0 Å². The van der Waals surface area contributed by atoms with E-state index >= 15 is 0 Å². The first-order valence-electron chi connectivity index (χ1n) is 8.67. The summed E-state index contributed by atoms with van der Waals surface area (Å²) in [6, 6.07) is 9.27. The van der Waals surface area contributed by atoms with Crippen LogP contribution in [-0.4, -0.2) is 44.1 Å². The van der Waals surface area contributed by atoms with E-state index < -0.39 is 0 Å². The molecule has 1 fully saturated rings. The summed E-state index contributed by atoms with van der Waals surface area (Å²) in [5, 5.41) is 8.04. The quantitative estimate of drug-likeness (QED) is 0.732. The lowest BCUT2D eigenvalue weighted by Gasteiger charge is -2.15. The molecule has 3 heterocycles. The normalized spacial score (nSPS) is 16.5. The van der Waals surface area contributed by atoms with Crippen molar-refractivity contribution in [2.75, 3.05) is 13.1 Å². The van der Waals surface area contributed by atoms with Crippen LogP contribution in [0.4, 0.5) is 0 Å². The number of ether oxygens (including phenoxy) is 1. The molecule has 0 unspecified atom stereocenters. The average Bonchev–Trinajstić information content (AvgIpc) is 3.36. The number of benzene rings is 1. The Hall–Kier alpha value is -2.93. The zero-order valence-corrected chi connectivity index (χ0v) is 15.3. The third kappa shape index (κ3) is 4.09. The molecule has 0 aliphatic carbocycles. The first-order chi connectivity index (χ1) is 13.2. The van der Waals surface area contributed by atoms with Gasteiger partial charge in [-0.2, -0.15) is 5.10 Å². The molecule has 1 aromatic carbocycles. The van der Waals surface area contributed by atoms with E-state index in [1.54, 1.807) is 23.2 Å². The smallest absolute Gasteiger partial charge is 0.274 e. The highest BCUT2D eigenvalue weighted by Crippen LogP contribution is 2.27. The summed E-state index contributed by atoms with van der Waals surface area (Å²) in [5.41, 5.74) is 2.19. The molecule has 1 aliphatic heterocycles. The molecular formula is C19H18ClN5O2. The third-order valence-corrected chi connectivity index (χ3v) is 4.75. The fourth-order valence-electron chi connectivity index (χ4n) is 3.14. The van der Waals surface area contributed by atoms with Crippen LogP contribution in [0.2, 0.25) is 5.02 Å². The van der Waals surface area contributed by atoms with Gasteiger partial charge >= 0.3 is 0 Å². The van der Waals surface area contributed by atoms with Gasteiger partial charge in [0.15, 0.2) is 0 Å². The van der Waals surface area contributed by atoms with E-state index in [1.807, 2.05) is 18.2 Å². The van der Waals surface area contributed by atoms with Crippen LogP contribution in [0.1, 0.15) is 34.2 Å². The number of hydrogen-bond donors (Lipinski definition) is 1. The van der Waals surface area contributed by atoms with Crippen LogP contribution in [0, 0.1) is 0 Å². The van der Waals surface area contributed by atoms with Crippen molar-refractivity contribution in [2.24, 2.45) is 0 Å². The van der Waals surface area contributed by atoms with Gasteiger partial charge in [-0.3, -0.25) is 14.9 Å². The molecule has 0 spiro atoms. The van der Waals surface area contributed by atoms with Crippen LogP contribution < -0.4 is 4.74 Å². The van der Waals surface area contributed by atoms with Gasteiger partial charge < -0.3 is 9.64 Å². The van der Waals surface area contributed by atoms with Crippen LogP contribution in [0.5, 0.6) is 5.75 Å². The topological polar surface area (TPSA) is 84.0 Å². The molecule has 0 radical (unpaired) electrons. The Kier molecular flexibility index (Phi) is 5.02. The SMILES string of the molecule is O=C(c1cnccn1)N1CC[C@@H](c2cc(COc3cccc(Cl)c3)[nH]n2)C1. The lowest BCUT2D eigenvalue weighted by atomic mass is 10.1. The summed E-state index contributed by atoms with van der Waals surface area (Å²) in [7, 11) is 0. The lowest BCUT2D eigenvalue weighted by molar-refractivity contribution is 0.0784. The predicted molar refractivity (Wildman–Crippen MR) is 99.7 cm³/mol. The van der Waals surface area contributed by atoms with Crippen molar-refractivity contribution in [3.05, 3.63) is 71.0 Å². The van der Waals surface area contributed by atoms with Crippen LogP contribution >= 0.6 is 11.6 Å². The minimum atomic E-state index is -0.0920. The third-order valence-electron chi connectivity index (χ3n) is 4.52. The Bertz CT molecular complexity index is 931. The molecular weight excluding hydrogens is 366 g/mol. The summed E-state index contributed by atoms with van der Waals surface area (Å²) in [6.07, 6.45) is 5.45. The van der Waals surface area contributed by atoms with Gasteiger partial charge in [-0.1, -0.05) is 17.7 Å². The minimum Gasteiger partial charge on any atom is -0.487 e. The zero-order valence-electron chi connectivity index (χ0n) is 14.5. The molecule has 8 heteroatoms. The Morgan fingerprint density at radius 1 is 1.33 bits per heavy atom. The van der Waals surface area contributed by atoms with Gasteiger partial charge in [0.1, 0.15) is 18.1 Å². The zero-order chi connectivity index (χ0) is 18.6. The van der Waals surface area contributed by atoms with Gasteiger partial charge in [0.25, 0.3) is 5.91 Å². The van der Waals surface area contributed by atoms with E-state index in [-0.39, 0.29) is 11.8 Å².